The predicted molar refractivity (Wildman–Crippen MR) is 156 cm³/mol. The number of sulfonamides is 1. The van der Waals surface area contributed by atoms with Gasteiger partial charge in [0.1, 0.15) is 29.2 Å². The van der Waals surface area contributed by atoms with Crippen LogP contribution in [-0.4, -0.2) is 52.1 Å². The number of carbonyl (C=O) groups excluding carboxylic acids is 1. The number of benzene rings is 2. The van der Waals surface area contributed by atoms with Crippen molar-refractivity contribution < 1.29 is 26.4 Å². The van der Waals surface area contributed by atoms with E-state index in [-0.39, 0.29) is 29.3 Å². The van der Waals surface area contributed by atoms with Crippen LogP contribution < -0.4 is 20.7 Å². The number of anilines is 4. The Morgan fingerprint density at radius 2 is 1.89 bits per heavy atom. The Hall–Kier alpha value is -5.09. The third-order valence-electron chi connectivity index (χ3n) is 7.12. The molecule has 5 aromatic rings. The van der Waals surface area contributed by atoms with Crippen molar-refractivity contribution in [3.8, 4) is 5.82 Å². The van der Waals surface area contributed by atoms with Gasteiger partial charge in [-0.2, -0.15) is 5.10 Å². The average molecular weight is 624 g/mol. The SMILES string of the molecule is Cc1c(F)cccc1S(=O)(=O)Nc1ccc(F)c(Nc2ncnc3ccc(-n4cc5c(n4)CCCN5C(=O)CN)nc23)c1F. The number of halogens is 3. The van der Waals surface area contributed by atoms with E-state index in [9.17, 15) is 22.0 Å². The second-order valence-electron chi connectivity index (χ2n) is 9.90. The fourth-order valence-electron chi connectivity index (χ4n) is 4.91. The predicted octanol–water partition coefficient (Wildman–Crippen LogP) is 3.72. The molecule has 0 spiro atoms. The molecule has 12 nitrogen and oxygen atoms in total. The number of pyridine rings is 1. The zero-order chi connectivity index (χ0) is 31.2. The lowest BCUT2D eigenvalue weighted by Gasteiger charge is -2.25. The van der Waals surface area contributed by atoms with E-state index in [1.54, 1.807) is 23.2 Å². The van der Waals surface area contributed by atoms with Crippen LogP contribution in [0.2, 0.25) is 0 Å². The molecule has 1 aliphatic heterocycles. The van der Waals surface area contributed by atoms with Crippen LogP contribution in [0.1, 0.15) is 17.7 Å². The molecule has 1 aliphatic rings. The van der Waals surface area contributed by atoms with Gasteiger partial charge < -0.3 is 16.0 Å². The van der Waals surface area contributed by atoms with E-state index in [0.717, 1.165) is 24.6 Å². The summed E-state index contributed by atoms with van der Waals surface area (Å²) in [6, 6.07) is 8.51. The molecule has 0 aliphatic carbocycles. The third kappa shape index (κ3) is 5.17. The van der Waals surface area contributed by atoms with Crippen LogP contribution in [-0.2, 0) is 21.2 Å². The van der Waals surface area contributed by atoms with E-state index in [0.29, 0.717) is 35.7 Å². The number of aromatic nitrogens is 5. The summed E-state index contributed by atoms with van der Waals surface area (Å²) in [6.45, 7) is 1.63. The number of fused-ring (bicyclic) bond motifs is 2. The molecule has 1 amide bonds. The highest BCUT2D eigenvalue weighted by Gasteiger charge is 2.26. The minimum Gasteiger partial charge on any atom is -0.333 e. The summed E-state index contributed by atoms with van der Waals surface area (Å²) in [5.41, 5.74) is 5.90. The van der Waals surface area contributed by atoms with Gasteiger partial charge >= 0.3 is 0 Å². The van der Waals surface area contributed by atoms with Gasteiger partial charge in [0.05, 0.1) is 40.2 Å². The Bertz CT molecular complexity index is 2050. The minimum atomic E-state index is -4.43. The van der Waals surface area contributed by atoms with Crippen molar-refractivity contribution in [2.45, 2.75) is 24.7 Å². The number of amides is 1. The van der Waals surface area contributed by atoms with E-state index >= 15 is 4.39 Å². The van der Waals surface area contributed by atoms with Gasteiger partial charge in [0, 0.05) is 12.1 Å². The van der Waals surface area contributed by atoms with Crippen LogP contribution in [0.15, 0.2) is 59.9 Å². The molecular formula is C28H24F3N9O3S. The fraction of sp³-hybridized carbons (Fsp3) is 0.179. The van der Waals surface area contributed by atoms with Crippen molar-refractivity contribution in [3.63, 3.8) is 0 Å². The van der Waals surface area contributed by atoms with Crippen molar-refractivity contribution >= 4 is 49.8 Å². The van der Waals surface area contributed by atoms with Crippen LogP contribution in [0.4, 0.5) is 36.1 Å². The Labute approximate surface area is 248 Å². The minimum absolute atomic E-state index is 0.0764. The van der Waals surface area contributed by atoms with E-state index in [2.05, 4.69) is 30.1 Å². The molecule has 0 bridgehead atoms. The number of nitrogens with two attached hydrogens (primary N) is 1. The molecule has 44 heavy (non-hydrogen) atoms. The van der Waals surface area contributed by atoms with Crippen molar-refractivity contribution in [3.05, 3.63) is 83.7 Å². The number of aryl methyl sites for hydroxylation is 1. The van der Waals surface area contributed by atoms with Crippen molar-refractivity contribution in [2.75, 3.05) is 28.0 Å². The molecule has 0 atom stereocenters. The fourth-order valence-corrected chi connectivity index (χ4v) is 6.22. The summed E-state index contributed by atoms with van der Waals surface area (Å²) >= 11 is 0. The summed E-state index contributed by atoms with van der Waals surface area (Å²) < 4.78 is 74.0. The normalized spacial score (nSPS) is 13.2. The third-order valence-corrected chi connectivity index (χ3v) is 8.63. The molecule has 0 saturated heterocycles. The molecule has 3 aromatic heterocycles. The Morgan fingerprint density at radius 1 is 1.07 bits per heavy atom. The maximum Gasteiger partial charge on any atom is 0.262 e. The highest BCUT2D eigenvalue weighted by Crippen LogP contribution is 2.33. The second kappa shape index (κ2) is 11.2. The smallest absolute Gasteiger partial charge is 0.262 e. The molecule has 16 heteroatoms. The van der Waals surface area contributed by atoms with Crippen LogP contribution in [0.5, 0.6) is 0 Å². The van der Waals surface area contributed by atoms with Crippen LogP contribution >= 0.6 is 0 Å². The number of hydrogen-bond donors (Lipinski definition) is 3. The van der Waals surface area contributed by atoms with Gasteiger partial charge in [-0.15, -0.1) is 0 Å². The summed E-state index contributed by atoms with van der Waals surface area (Å²) in [4.78, 5) is 26.4. The lowest BCUT2D eigenvalue weighted by atomic mass is 10.1. The first kappa shape index (κ1) is 29.0. The van der Waals surface area contributed by atoms with Gasteiger partial charge in [-0.25, -0.2) is 41.2 Å². The molecular weight excluding hydrogens is 599 g/mol. The molecule has 4 N–H and O–H groups in total. The number of nitrogens with zero attached hydrogens (tertiary/aromatic N) is 6. The summed E-state index contributed by atoms with van der Waals surface area (Å²) in [6.07, 6.45) is 4.20. The highest BCUT2D eigenvalue weighted by molar-refractivity contribution is 7.92. The molecule has 226 valence electrons. The quantitative estimate of drug-likeness (QED) is 0.245. The molecule has 2 aromatic carbocycles. The first-order valence-electron chi connectivity index (χ1n) is 13.3. The zero-order valence-corrected chi connectivity index (χ0v) is 23.9. The Kier molecular flexibility index (Phi) is 7.38. The standard InChI is InChI=1S/C28H24F3N9O3S/c1-15-16(29)4-2-6-22(15)44(42,43)38-19-8-7-17(30)26(25(19)31)36-28-27-20(33-14-34-28)9-10-23(35-27)40-13-21-18(37-40)5-3-11-39(21)24(41)12-32/h2,4,6-10,13-14,38H,3,5,11-12,32H2,1H3,(H,33,34,36). The highest BCUT2D eigenvalue weighted by atomic mass is 32.2. The van der Waals surface area contributed by atoms with Crippen molar-refractivity contribution in [1.29, 1.82) is 0 Å². The number of hydrogen-bond acceptors (Lipinski definition) is 9. The average Bonchev–Trinajstić information content (AvgIpc) is 3.46. The number of rotatable bonds is 7. The zero-order valence-electron chi connectivity index (χ0n) is 23.1. The van der Waals surface area contributed by atoms with Gasteiger partial charge in [-0.3, -0.25) is 9.52 Å². The molecule has 0 radical (unpaired) electrons. The van der Waals surface area contributed by atoms with E-state index < -0.39 is 43.7 Å². The lowest BCUT2D eigenvalue weighted by Crippen LogP contribution is -2.39. The van der Waals surface area contributed by atoms with Gasteiger partial charge in [0.15, 0.2) is 17.5 Å². The van der Waals surface area contributed by atoms with Gasteiger partial charge in [-0.05, 0) is 56.2 Å². The summed E-state index contributed by atoms with van der Waals surface area (Å²) in [5, 5.41) is 7.14. The summed E-state index contributed by atoms with van der Waals surface area (Å²) in [5.74, 6) is -3.06. The van der Waals surface area contributed by atoms with Gasteiger partial charge in [-0.1, -0.05) is 6.07 Å². The van der Waals surface area contributed by atoms with Gasteiger partial charge in [0.2, 0.25) is 5.91 Å². The molecule has 6 rings (SSSR count). The molecule has 0 unspecified atom stereocenters. The van der Waals surface area contributed by atoms with E-state index in [1.807, 2.05) is 0 Å². The lowest BCUT2D eigenvalue weighted by molar-refractivity contribution is -0.117. The van der Waals surface area contributed by atoms with Crippen LogP contribution in [0.3, 0.4) is 0 Å². The first-order valence-corrected chi connectivity index (χ1v) is 14.8. The second-order valence-corrected chi connectivity index (χ2v) is 11.5. The van der Waals surface area contributed by atoms with Crippen LogP contribution in [0.25, 0.3) is 16.9 Å². The monoisotopic (exact) mass is 623 g/mol. The Balaban J connectivity index is 1.35. The maximum absolute atomic E-state index is 15.6. The largest absolute Gasteiger partial charge is 0.333 e. The van der Waals surface area contributed by atoms with Crippen molar-refractivity contribution in [2.24, 2.45) is 5.73 Å². The first-order chi connectivity index (χ1) is 21.1. The number of nitrogens with one attached hydrogen (secondary N) is 2. The maximum atomic E-state index is 15.6. The molecule has 4 heterocycles. The van der Waals surface area contributed by atoms with E-state index in [4.69, 9.17) is 5.73 Å². The molecule has 0 saturated carbocycles. The summed E-state index contributed by atoms with van der Waals surface area (Å²) in [7, 11) is -4.43. The van der Waals surface area contributed by atoms with Crippen LogP contribution in [0, 0.1) is 24.4 Å². The van der Waals surface area contributed by atoms with E-state index in [1.165, 1.54) is 30.1 Å². The number of carbonyl (C=O) groups is 1. The molecule has 0 fully saturated rings. The Morgan fingerprint density at radius 3 is 2.68 bits per heavy atom. The van der Waals surface area contributed by atoms with Crippen molar-refractivity contribution in [1.82, 2.24) is 24.7 Å². The van der Waals surface area contributed by atoms with Gasteiger partial charge in [0.25, 0.3) is 10.0 Å². The topological polar surface area (TPSA) is 161 Å².